The lowest BCUT2D eigenvalue weighted by Crippen LogP contribution is -2.45. The first-order valence-electron chi connectivity index (χ1n) is 27.4. The fourth-order valence-electron chi connectivity index (χ4n) is 8.01. The first-order valence-corrected chi connectivity index (χ1v) is 28.9. The zero-order valence-corrected chi connectivity index (χ0v) is 43.9. The van der Waals surface area contributed by atoms with E-state index in [2.05, 4.69) is 43.5 Å². The highest BCUT2D eigenvalue weighted by molar-refractivity contribution is 7.47. The Labute approximate surface area is 397 Å². The Bertz CT molecular complexity index is 1140. The number of hydrogen-bond donors (Lipinski definition) is 3. The molecule has 0 spiro atoms. The number of carbonyl (C=O) groups excluding carboxylic acids is 1. The Balaban J connectivity index is 4.11. The lowest BCUT2D eigenvalue weighted by Gasteiger charge is -2.25. The molecular weight excluding hydrogens is 816 g/mol. The van der Waals surface area contributed by atoms with Crippen molar-refractivity contribution < 1.29 is 32.9 Å². The summed E-state index contributed by atoms with van der Waals surface area (Å²) >= 11 is 0. The predicted molar refractivity (Wildman–Crippen MR) is 277 cm³/mol. The highest BCUT2D eigenvalue weighted by atomic mass is 31.2. The second-order valence-electron chi connectivity index (χ2n) is 20.0. The number of phosphoric acid groups is 1. The second-order valence-corrected chi connectivity index (χ2v) is 21.4. The number of nitrogens with zero attached hydrogens (tertiary/aromatic N) is 1. The molecule has 378 valence electrons. The molecular formula is C55H108N2O6P+. The van der Waals surface area contributed by atoms with E-state index in [4.69, 9.17) is 9.05 Å². The predicted octanol–water partition coefficient (Wildman–Crippen LogP) is 16.2. The number of unbranched alkanes of at least 4 members (excludes halogenated alkanes) is 33. The van der Waals surface area contributed by atoms with Crippen molar-refractivity contribution in [3.63, 3.8) is 0 Å². The number of quaternary nitrogens is 1. The van der Waals surface area contributed by atoms with Gasteiger partial charge in [0, 0.05) is 6.42 Å². The van der Waals surface area contributed by atoms with Crippen LogP contribution in [0.5, 0.6) is 0 Å². The van der Waals surface area contributed by atoms with Crippen molar-refractivity contribution in [1.29, 1.82) is 0 Å². The van der Waals surface area contributed by atoms with Crippen molar-refractivity contribution in [2.45, 2.75) is 270 Å². The summed E-state index contributed by atoms with van der Waals surface area (Å²) in [5, 5.41) is 13.9. The van der Waals surface area contributed by atoms with Crippen molar-refractivity contribution in [2.24, 2.45) is 0 Å². The standard InChI is InChI=1S/C55H107N2O6P/c1-6-8-10-12-14-16-18-20-21-22-23-24-25-26-27-28-29-30-31-32-33-34-35-37-39-41-43-45-47-49-55(59)56-53(52-63-64(60,61)62-51-50-57(3,4)5)54(58)48-46-44-42-40-38-36-19-17-15-13-11-9-7-2/h23-24,26-27,46,48,53-54,58H,6-22,25,28-45,47,49-52H2,1-5H3,(H-,56,59,60,61)/p+1/b24-23-,27-26-,48-46+. The summed E-state index contributed by atoms with van der Waals surface area (Å²) < 4.78 is 23.6. The molecule has 0 aliphatic carbocycles. The van der Waals surface area contributed by atoms with Crippen LogP contribution in [-0.4, -0.2) is 73.4 Å². The number of likely N-dealkylation sites (N-methyl/N-ethyl adjacent to an activating group) is 1. The van der Waals surface area contributed by atoms with E-state index in [1.807, 2.05) is 27.2 Å². The van der Waals surface area contributed by atoms with Gasteiger partial charge in [-0.1, -0.05) is 237 Å². The summed E-state index contributed by atoms with van der Waals surface area (Å²) in [6.45, 7) is 4.83. The van der Waals surface area contributed by atoms with E-state index < -0.39 is 20.0 Å². The number of phosphoric ester groups is 1. The van der Waals surface area contributed by atoms with Gasteiger partial charge in [-0.25, -0.2) is 4.57 Å². The first kappa shape index (κ1) is 62.7. The molecule has 8 nitrogen and oxygen atoms in total. The minimum atomic E-state index is -4.34. The summed E-state index contributed by atoms with van der Waals surface area (Å²) in [6.07, 6.45) is 59.5. The molecule has 0 radical (unpaired) electrons. The van der Waals surface area contributed by atoms with E-state index in [1.54, 1.807) is 6.08 Å². The number of aliphatic hydroxyl groups excluding tert-OH is 1. The van der Waals surface area contributed by atoms with Gasteiger partial charge in [-0.2, -0.15) is 0 Å². The van der Waals surface area contributed by atoms with Crippen molar-refractivity contribution in [3.05, 3.63) is 36.5 Å². The fourth-order valence-corrected chi connectivity index (χ4v) is 8.75. The average Bonchev–Trinajstić information content (AvgIpc) is 3.25. The topological polar surface area (TPSA) is 105 Å². The normalized spacial score (nSPS) is 14.3. The maximum atomic E-state index is 12.9. The molecule has 3 N–H and O–H groups in total. The molecule has 64 heavy (non-hydrogen) atoms. The summed E-state index contributed by atoms with van der Waals surface area (Å²) in [6, 6.07) is -0.845. The van der Waals surface area contributed by atoms with Crippen LogP contribution in [0.2, 0.25) is 0 Å². The maximum Gasteiger partial charge on any atom is 0.472 e. The molecule has 3 unspecified atom stereocenters. The van der Waals surface area contributed by atoms with Crippen molar-refractivity contribution >= 4 is 13.7 Å². The van der Waals surface area contributed by atoms with Crippen molar-refractivity contribution in [2.75, 3.05) is 40.9 Å². The van der Waals surface area contributed by atoms with Crippen LogP contribution in [0, 0.1) is 0 Å². The minimum Gasteiger partial charge on any atom is -0.387 e. The average molecular weight is 924 g/mol. The molecule has 0 aliphatic rings. The van der Waals surface area contributed by atoms with Crippen LogP contribution in [0.15, 0.2) is 36.5 Å². The Morgan fingerprint density at radius 1 is 0.531 bits per heavy atom. The van der Waals surface area contributed by atoms with E-state index in [9.17, 15) is 19.4 Å². The number of amides is 1. The summed E-state index contributed by atoms with van der Waals surface area (Å²) in [5.41, 5.74) is 0. The van der Waals surface area contributed by atoms with E-state index in [1.165, 1.54) is 193 Å². The summed E-state index contributed by atoms with van der Waals surface area (Å²) in [5.74, 6) is -0.177. The van der Waals surface area contributed by atoms with Crippen LogP contribution in [0.4, 0.5) is 0 Å². The van der Waals surface area contributed by atoms with Crippen molar-refractivity contribution in [1.82, 2.24) is 5.32 Å². The monoisotopic (exact) mass is 924 g/mol. The zero-order chi connectivity index (χ0) is 47.1. The van der Waals surface area contributed by atoms with E-state index in [-0.39, 0.29) is 19.1 Å². The molecule has 0 rings (SSSR count). The lowest BCUT2D eigenvalue weighted by atomic mass is 10.0. The number of carbonyl (C=O) groups is 1. The smallest absolute Gasteiger partial charge is 0.387 e. The molecule has 0 fully saturated rings. The van der Waals surface area contributed by atoms with Gasteiger partial charge >= 0.3 is 7.82 Å². The molecule has 0 aromatic carbocycles. The number of nitrogens with one attached hydrogen (secondary N) is 1. The number of aliphatic hydroxyl groups is 1. The Hall–Kier alpha value is -1.28. The van der Waals surface area contributed by atoms with Crippen LogP contribution >= 0.6 is 7.82 Å². The lowest BCUT2D eigenvalue weighted by molar-refractivity contribution is -0.870. The molecule has 3 atom stereocenters. The number of allylic oxidation sites excluding steroid dienone is 5. The van der Waals surface area contributed by atoms with Gasteiger partial charge in [-0.15, -0.1) is 0 Å². The van der Waals surface area contributed by atoms with Crippen LogP contribution in [0.1, 0.15) is 258 Å². The van der Waals surface area contributed by atoms with E-state index in [0.29, 0.717) is 17.4 Å². The summed E-state index contributed by atoms with van der Waals surface area (Å²) in [4.78, 5) is 23.2. The van der Waals surface area contributed by atoms with Gasteiger partial charge < -0.3 is 19.8 Å². The van der Waals surface area contributed by atoms with Gasteiger partial charge in [0.1, 0.15) is 13.2 Å². The third-order valence-electron chi connectivity index (χ3n) is 12.4. The van der Waals surface area contributed by atoms with Crippen LogP contribution in [0.3, 0.4) is 0 Å². The van der Waals surface area contributed by atoms with Gasteiger partial charge in [-0.05, 0) is 51.4 Å². The molecule has 0 aromatic rings. The van der Waals surface area contributed by atoms with Gasteiger partial charge in [0.05, 0.1) is 39.9 Å². The molecule has 0 bridgehead atoms. The number of rotatable bonds is 50. The molecule has 1 amide bonds. The van der Waals surface area contributed by atoms with E-state index in [0.717, 1.165) is 44.9 Å². The Kier molecular flexibility index (Phi) is 45.9. The number of hydrogen-bond acceptors (Lipinski definition) is 5. The van der Waals surface area contributed by atoms with E-state index >= 15 is 0 Å². The summed E-state index contributed by atoms with van der Waals surface area (Å²) in [7, 11) is 1.58. The van der Waals surface area contributed by atoms with Gasteiger partial charge in [0.2, 0.25) is 5.91 Å². The molecule has 0 saturated heterocycles. The van der Waals surface area contributed by atoms with Crippen LogP contribution in [0.25, 0.3) is 0 Å². The minimum absolute atomic E-state index is 0.0619. The zero-order valence-electron chi connectivity index (χ0n) is 43.0. The highest BCUT2D eigenvalue weighted by Crippen LogP contribution is 2.43. The van der Waals surface area contributed by atoms with Gasteiger partial charge in [-0.3, -0.25) is 13.8 Å². The third-order valence-corrected chi connectivity index (χ3v) is 13.3. The molecule has 0 saturated carbocycles. The quantitative estimate of drug-likeness (QED) is 0.0243. The second kappa shape index (κ2) is 46.8. The molecule has 9 heteroatoms. The third kappa shape index (κ3) is 48.6. The molecule has 0 aliphatic heterocycles. The van der Waals surface area contributed by atoms with Gasteiger partial charge in [0.25, 0.3) is 0 Å². The van der Waals surface area contributed by atoms with Gasteiger partial charge in [0.15, 0.2) is 0 Å². The van der Waals surface area contributed by atoms with Crippen LogP contribution in [-0.2, 0) is 18.4 Å². The highest BCUT2D eigenvalue weighted by Gasteiger charge is 2.27. The Morgan fingerprint density at radius 3 is 1.28 bits per heavy atom. The van der Waals surface area contributed by atoms with Crippen molar-refractivity contribution in [3.8, 4) is 0 Å². The maximum absolute atomic E-state index is 12.9. The molecule has 0 heterocycles. The fraction of sp³-hybridized carbons (Fsp3) is 0.873. The largest absolute Gasteiger partial charge is 0.472 e. The Morgan fingerprint density at radius 2 is 0.891 bits per heavy atom. The van der Waals surface area contributed by atoms with Crippen LogP contribution < -0.4 is 5.32 Å². The SMILES string of the molecule is CCCCCCCCCCC/C=C\C/C=C\CCCCCCCCCCCCCCCC(=O)NC(COP(=O)(O)OCC[N+](C)(C)C)C(O)/C=C/CCCCCCCCCCCCC. The molecule has 0 aromatic heterocycles. The first-order chi connectivity index (χ1) is 31.0.